The van der Waals surface area contributed by atoms with Gasteiger partial charge in [0, 0.05) is 34.8 Å². The SMILES string of the molecule is Cc1ccc(NC(=O)c2ccccc2)cc1C#CCc1cncc2[nH]ncc12. The molecule has 2 aromatic carbocycles. The molecular weight excluding hydrogens is 348 g/mol. The summed E-state index contributed by atoms with van der Waals surface area (Å²) in [5.41, 5.74) is 5.23. The molecule has 0 saturated carbocycles. The van der Waals surface area contributed by atoms with Crippen LogP contribution < -0.4 is 5.32 Å². The van der Waals surface area contributed by atoms with E-state index in [4.69, 9.17) is 0 Å². The van der Waals surface area contributed by atoms with Gasteiger partial charge in [-0.1, -0.05) is 36.1 Å². The van der Waals surface area contributed by atoms with Crippen LogP contribution in [0.1, 0.15) is 27.0 Å². The quantitative estimate of drug-likeness (QED) is 0.536. The van der Waals surface area contributed by atoms with Crippen molar-refractivity contribution in [3.8, 4) is 11.8 Å². The third kappa shape index (κ3) is 3.76. The number of amides is 1. The molecule has 0 fully saturated rings. The molecule has 2 aromatic heterocycles. The number of rotatable bonds is 3. The lowest BCUT2D eigenvalue weighted by atomic mass is 10.1. The number of aryl methyl sites for hydroxylation is 1. The van der Waals surface area contributed by atoms with Gasteiger partial charge in [0.05, 0.1) is 17.9 Å². The van der Waals surface area contributed by atoms with E-state index in [1.807, 2.05) is 49.5 Å². The number of benzene rings is 2. The number of pyridine rings is 1. The number of aromatic amines is 1. The van der Waals surface area contributed by atoms with Crippen LogP contribution in [0.3, 0.4) is 0 Å². The van der Waals surface area contributed by atoms with Crippen molar-refractivity contribution in [2.24, 2.45) is 0 Å². The number of hydrogen-bond donors (Lipinski definition) is 2. The summed E-state index contributed by atoms with van der Waals surface area (Å²) in [6.45, 7) is 2.01. The molecule has 0 unspecified atom stereocenters. The van der Waals surface area contributed by atoms with Gasteiger partial charge in [0.25, 0.3) is 5.91 Å². The topological polar surface area (TPSA) is 70.7 Å². The molecule has 4 aromatic rings. The second kappa shape index (κ2) is 7.77. The van der Waals surface area contributed by atoms with Gasteiger partial charge in [-0.25, -0.2) is 0 Å². The Morgan fingerprint density at radius 3 is 2.82 bits per heavy atom. The average molecular weight is 366 g/mol. The molecule has 136 valence electrons. The lowest BCUT2D eigenvalue weighted by Crippen LogP contribution is -2.11. The molecule has 2 heterocycles. The number of fused-ring (bicyclic) bond motifs is 1. The zero-order valence-corrected chi connectivity index (χ0v) is 15.4. The van der Waals surface area contributed by atoms with Crippen molar-refractivity contribution >= 4 is 22.5 Å². The maximum atomic E-state index is 12.3. The summed E-state index contributed by atoms with van der Waals surface area (Å²) in [6.07, 6.45) is 5.93. The Morgan fingerprint density at radius 2 is 1.96 bits per heavy atom. The van der Waals surface area contributed by atoms with Crippen LogP contribution in [0.2, 0.25) is 0 Å². The first-order chi connectivity index (χ1) is 13.7. The highest BCUT2D eigenvalue weighted by Crippen LogP contribution is 2.17. The van der Waals surface area contributed by atoms with Gasteiger partial charge in [0.2, 0.25) is 0 Å². The number of H-pyrrole nitrogens is 1. The number of nitrogens with one attached hydrogen (secondary N) is 2. The zero-order valence-electron chi connectivity index (χ0n) is 15.4. The van der Waals surface area contributed by atoms with Gasteiger partial charge in [-0.05, 0) is 42.3 Å². The fraction of sp³-hybridized carbons (Fsp3) is 0.0870. The largest absolute Gasteiger partial charge is 0.322 e. The maximum Gasteiger partial charge on any atom is 0.255 e. The molecule has 0 radical (unpaired) electrons. The first-order valence-corrected chi connectivity index (χ1v) is 8.92. The summed E-state index contributed by atoms with van der Waals surface area (Å²) in [6, 6.07) is 14.9. The molecule has 0 aliphatic heterocycles. The van der Waals surface area contributed by atoms with Crippen LogP contribution in [-0.4, -0.2) is 21.1 Å². The molecule has 4 rings (SSSR count). The Kier molecular flexibility index (Phi) is 4.85. The summed E-state index contributed by atoms with van der Waals surface area (Å²) < 4.78 is 0. The molecule has 1 amide bonds. The summed E-state index contributed by atoms with van der Waals surface area (Å²) in [5.74, 6) is 6.28. The zero-order chi connectivity index (χ0) is 19.3. The van der Waals surface area contributed by atoms with E-state index in [9.17, 15) is 4.79 Å². The monoisotopic (exact) mass is 366 g/mol. The van der Waals surface area contributed by atoms with Crippen molar-refractivity contribution in [1.82, 2.24) is 15.2 Å². The summed E-state index contributed by atoms with van der Waals surface area (Å²) >= 11 is 0. The smallest absolute Gasteiger partial charge is 0.255 e. The lowest BCUT2D eigenvalue weighted by molar-refractivity contribution is 0.102. The van der Waals surface area contributed by atoms with Gasteiger partial charge in [-0.3, -0.25) is 14.9 Å². The molecule has 0 atom stereocenters. The summed E-state index contributed by atoms with van der Waals surface area (Å²) in [4.78, 5) is 16.6. The van der Waals surface area contributed by atoms with Crippen molar-refractivity contribution in [3.05, 3.63) is 89.4 Å². The number of carbonyl (C=O) groups excluding carboxylic acids is 1. The molecule has 0 aliphatic rings. The lowest BCUT2D eigenvalue weighted by Gasteiger charge is -2.07. The highest BCUT2D eigenvalue weighted by Gasteiger charge is 2.06. The van der Waals surface area contributed by atoms with E-state index in [0.717, 1.165) is 33.3 Å². The van der Waals surface area contributed by atoms with Crippen LogP contribution in [0.4, 0.5) is 5.69 Å². The van der Waals surface area contributed by atoms with Gasteiger partial charge in [0.1, 0.15) is 0 Å². The van der Waals surface area contributed by atoms with E-state index in [2.05, 4.69) is 32.3 Å². The van der Waals surface area contributed by atoms with E-state index in [-0.39, 0.29) is 5.91 Å². The molecule has 5 nitrogen and oxygen atoms in total. The van der Waals surface area contributed by atoms with Crippen molar-refractivity contribution in [2.45, 2.75) is 13.3 Å². The van der Waals surface area contributed by atoms with Crippen LogP contribution >= 0.6 is 0 Å². The average Bonchev–Trinajstić information content (AvgIpc) is 3.21. The normalized spacial score (nSPS) is 10.3. The summed E-state index contributed by atoms with van der Waals surface area (Å²) in [7, 11) is 0. The number of anilines is 1. The number of aromatic nitrogens is 3. The Labute approximate surface area is 162 Å². The van der Waals surface area contributed by atoms with E-state index in [0.29, 0.717) is 12.0 Å². The molecule has 2 N–H and O–H groups in total. The fourth-order valence-corrected chi connectivity index (χ4v) is 2.92. The number of nitrogens with zero attached hydrogens (tertiary/aromatic N) is 2. The Hall–Kier alpha value is -3.91. The third-order valence-corrected chi connectivity index (χ3v) is 4.48. The van der Waals surface area contributed by atoms with Crippen LogP contribution in [0, 0.1) is 18.8 Å². The Balaban J connectivity index is 1.53. The van der Waals surface area contributed by atoms with E-state index < -0.39 is 0 Å². The highest BCUT2D eigenvalue weighted by molar-refractivity contribution is 6.04. The second-order valence-electron chi connectivity index (χ2n) is 6.46. The number of hydrogen-bond acceptors (Lipinski definition) is 3. The first kappa shape index (κ1) is 17.5. The predicted molar refractivity (Wildman–Crippen MR) is 110 cm³/mol. The Morgan fingerprint density at radius 1 is 1.11 bits per heavy atom. The van der Waals surface area contributed by atoms with Crippen molar-refractivity contribution in [2.75, 3.05) is 5.32 Å². The minimum atomic E-state index is -0.138. The van der Waals surface area contributed by atoms with Gasteiger partial charge < -0.3 is 5.32 Å². The van der Waals surface area contributed by atoms with Crippen molar-refractivity contribution in [1.29, 1.82) is 0 Å². The van der Waals surface area contributed by atoms with Crippen LogP contribution in [0.5, 0.6) is 0 Å². The van der Waals surface area contributed by atoms with E-state index >= 15 is 0 Å². The predicted octanol–water partition coefficient (Wildman–Crippen LogP) is 4.11. The molecule has 0 aliphatic carbocycles. The van der Waals surface area contributed by atoms with Crippen LogP contribution in [0.25, 0.3) is 10.9 Å². The summed E-state index contributed by atoms with van der Waals surface area (Å²) in [5, 5.41) is 10.9. The Bertz CT molecular complexity index is 1200. The van der Waals surface area contributed by atoms with Crippen LogP contribution in [0.15, 0.2) is 67.1 Å². The first-order valence-electron chi connectivity index (χ1n) is 8.92. The molecule has 5 heteroatoms. The number of carbonyl (C=O) groups is 1. The standard InChI is InChI=1S/C23H18N4O/c1-16-10-11-20(26-23(28)17-6-3-2-4-7-17)12-18(16)8-5-9-19-13-24-15-22-21(19)14-25-27-22/h2-4,6-7,10-15H,9H2,1H3,(H,25,27)(H,26,28). The molecule has 0 saturated heterocycles. The second-order valence-corrected chi connectivity index (χ2v) is 6.46. The fourth-order valence-electron chi connectivity index (χ4n) is 2.92. The minimum Gasteiger partial charge on any atom is -0.322 e. The molecule has 28 heavy (non-hydrogen) atoms. The third-order valence-electron chi connectivity index (χ3n) is 4.48. The maximum absolute atomic E-state index is 12.3. The van der Waals surface area contributed by atoms with Gasteiger partial charge in [0.15, 0.2) is 0 Å². The van der Waals surface area contributed by atoms with Gasteiger partial charge >= 0.3 is 0 Å². The van der Waals surface area contributed by atoms with Gasteiger partial charge in [-0.2, -0.15) is 5.10 Å². The molecule has 0 bridgehead atoms. The van der Waals surface area contributed by atoms with Crippen molar-refractivity contribution < 1.29 is 4.79 Å². The van der Waals surface area contributed by atoms with E-state index in [1.165, 1.54) is 0 Å². The minimum absolute atomic E-state index is 0.138. The van der Waals surface area contributed by atoms with Crippen LogP contribution in [-0.2, 0) is 6.42 Å². The molecule has 0 spiro atoms. The van der Waals surface area contributed by atoms with Crippen molar-refractivity contribution in [3.63, 3.8) is 0 Å². The van der Waals surface area contributed by atoms with E-state index in [1.54, 1.807) is 24.5 Å². The van der Waals surface area contributed by atoms with Gasteiger partial charge in [-0.15, -0.1) is 0 Å². The molecular formula is C23H18N4O. The highest BCUT2D eigenvalue weighted by atomic mass is 16.1.